The molecule has 1 saturated heterocycles. The summed E-state index contributed by atoms with van der Waals surface area (Å²) in [4.78, 5) is 27.6. The Hall–Kier alpha value is -2.40. The van der Waals surface area contributed by atoms with Gasteiger partial charge in [0.05, 0.1) is 4.48 Å². The molecule has 0 unspecified atom stereocenters. The molecule has 0 atom stereocenters. The molecular weight excluding hydrogens is 392 g/mol. The first-order chi connectivity index (χ1) is 12.7. The highest BCUT2D eigenvalue weighted by atomic mass is 79.9. The first kappa shape index (κ1) is 18.4. The topological polar surface area (TPSA) is 49.4 Å². The van der Waals surface area contributed by atoms with Crippen molar-refractivity contribution >= 4 is 32.2 Å². The maximum absolute atomic E-state index is 13.1. The van der Waals surface area contributed by atoms with E-state index in [0.29, 0.717) is 10.0 Å². The maximum atomic E-state index is 13.1. The number of nitrogens with zero attached hydrogens (tertiary/aromatic N) is 1. The minimum Gasteiger partial charge on any atom is -0.337 e. The molecule has 0 bridgehead atoms. The number of carbonyl (C=O) groups excluding carboxylic acids is 2. The number of likely N-dealkylation sites (tertiary alicyclic amines) is 1. The summed E-state index contributed by atoms with van der Waals surface area (Å²) in [5, 5.41) is 2.83. The van der Waals surface area contributed by atoms with Gasteiger partial charge in [-0.2, -0.15) is 0 Å². The number of nitrogens with one attached hydrogen (secondary N) is 1. The van der Waals surface area contributed by atoms with Crippen LogP contribution in [0.3, 0.4) is 0 Å². The number of hydrogen-bond donors (Lipinski definition) is 1. The van der Waals surface area contributed by atoms with Crippen molar-refractivity contribution in [3.63, 3.8) is 0 Å². The minimum absolute atomic E-state index is 0.148. The van der Waals surface area contributed by atoms with Crippen molar-refractivity contribution in [2.24, 2.45) is 0 Å². The van der Waals surface area contributed by atoms with Gasteiger partial charge in [-0.25, -0.2) is 0 Å². The van der Waals surface area contributed by atoms with Crippen molar-refractivity contribution in [3.8, 4) is 0 Å². The van der Waals surface area contributed by atoms with E-state index in [1.54, 1.807) is 24.3 Å². The van der Waals surface area contributed by atoms with Crippen LogP contribution in [0.5, 0.6) is 0 Å². The fourth-order valence-corrected chi connectivity index (χ4v) is 3.49. The van der Waals surface area contributed by atoms with Crippen LogP contribution in [-0.4, -0.2) is 29.8 Å². The standard InChI is InChI=1S/C21H21BrN2O2/c22-18(16-10-4-1-5-11-16)19(21(26)24-14-8-3-9-15-24)23-20(25)17-12-6-2-7-13-17/h1-2,4-7,10-13H,3,8-9,14-15H2,(H,23,25)/b19-18+. The maximum Gasteiger partial charge on any atom is 0.271 e. The Morgan fingerprint density at radius 1 is 0.808 bits per heavy atom. The molecule has 2 aromatic rings. The Labute approximate surface area is 162 Å². The molecule has 134 valence electrons. The molecule has 26 heavy (non-hydrogen) atoms. The van der Waals surface area contributed by atoms with Gasteiger partial charge in [-0.3, -0.25) is 9.59 Å². The summed E-state index contributed by atoms with van der Waals surface area (Å²) in [6.45, 7) is 1.44. The molecule has 1 fully saturated rings. The summed E-state index contributed by atoms with van der Waals surface area (Å²) in [5.74, 6) is -0.441. The highest BCUT2D eigenvalue weighted by molar-refractivity contribution is 9.15. The summed E-state index contributed by atoms with van der Waals surface area (Å²) < 4.78 is 0.595. The molecule has 0 radical (unpaired) electrons. The molecular formula is C21H21BrN2O2. The second kappa shape index (κ2) is 8.81. The van der Waals surface area contributed by atoms with Crippen molar-refractivity contribution in [3.05, 3.63) is 77.5 Å². The lowest BCUT2D eigenvalue weighted by Gasteiger charge is -2.28. The third-order valence-corrected chi connectivity index (χ3v) is 5.23. The molecule has 1 N–H and O–H groups in total. The first-order valence-electron chi connectivity index (χ1n) is 8.77. The monoisotopic (exact) mass is 412 g/mol. The minimum atomic E-state index is -0.293. The molecule has 2 amide bonds. The van der Waals surface area contributed by atoms with Gasteiger partial charge >= 0.3 is 0 Å². The lowest BCUT2D eigenvalue weighted by atomic mass is 10.1. The van der Waals surface area contributed by atoms with Gasteiger partial charge in [-0.15, -0.1) is 0 Å². The Balaban J connectivity index is 1.93. The predicted molar refractivity (Wildman–Crippen MR) is 107 cm³/mol. The van der Waals surface area contributed by atoms with E-state index in [1.807, 2.05) is 41.3 Å². The fraction of sp³-hybridized carbons (Fsp3) is 0.238. The van der Waals surface area contributed by atoms with E-state index in [4.69, 9.17) is 0 Å². The molecule has 4 nitrogen and oxygen atoms in total. The average molecular weight is 413 g/mol. The molecule has 0 aliphatic carbocycles. The second-order valence-corrected chi connectivity index (χ2v) is 7.02. The number of halogens is 1. The summed E-state index contributed by atoms with van der Waals surface area (Å²) in [6.07, 6.45) is 3.13. The van der Waals surface area contributed by atoms with Crippen LogP contribution in [0.15, 0.2) is 66.4 Å². The number of amides is 2. The Morgan fingerprint density at radius 2 is 1.35 bits per heavy atom. The zero-order valence-corrected chi connectivity index (χ0v) is 16.0. The van der Waals surface area contributed by atoms with Crippen LogP contribution in [0, 0.1) is 0 Å². The van der Waals surface area contributed by atoms with Gasteiger partial charge in [0, 0.05) is 18.7 Å². The summed E-state index contributed by atoms with van der Waals surface area (Å²) in [6, 6.07) is 18.4. The number of benzene rings is 2. The molecule has 1 aliphatic heterocycles. The van der Waals surface area contributed by atoms with E-state index >= 15 is 0 Å². The van der Waals surface area contributed by atoms with Crippen molar-refractivity contribution in [2.45, 2.75) is 19.3 Å². The first-order valence-corrected chi connectivity index (χ1v) is 9.57. The zero-order chi connectivity index (χ0) is 18.4. The van der Waals surface area contributed by atoms with Crippen molar-refractivity contribution in [1.29, 1.82) is 0 Å². The van der Waals surface area contributed by atoms with Crippen LogP contribution in [0.4, 0.5) is 0 Å². The van der Waals surface area contributed by atoms with E-state index in [-0.39, 0.29) is 17.5 Å². The molecule has 3 rings (SSSR count). The third-order valence-electron chi connectivity index (χ3n) is 4.38. The zero-order valence-electron chi connectivity index (χ0n) is 14.5. The van der Waals surface area contributed by atoms with Crippen molar-refractivity contribution in [2.75, 3.05) is 13.1 Å². The molecule has 1 aliphatic rings. The van der Waals surface area contributed by atoms with Crippen LogP contribution in [-0.2, 0) is 4.79 Å². The number of hydrogen-bond acceptors (Lipinski definition) is 2. The van der Waals surface area contributed by atoms with Gasteiger partial charge in [0.25, 0.3) is 11.8 Å². The normalized spacial score (nSPS) is 15.2. The van der Waals surface area contributed by atoms with E-state index in [9.17, 15) is 9.59 Å². The summed E-state index contributed by atoms with van der Waals surface area (Å²) in [7, 11) is 0. The molecule has 2 aromatic carbocycles. The Kier molecular flexibility index (Phi) is 6.23. The van der Waals surface area contributed by atoms with E-state index in [1.165, 1.54) is 0 Å². The van der Waals surface area contributed by atoms with Gasteiger partial charge in [0.2, 0.25) is 0 Å². The largest absolute Gasteiger partial charge is 0.337 e. The van der Waals surface area contributed by atoms with Crippen LogP contribution in [0.1, 0.15) is 35.2 Å². The van der Waals surface area contributed by atoms with E-state index < -0.39 is 0 Å². The third kappa shape index (κ3) is 4.41. The fourth-order valence-electron chi connectivity index (χ4n) is 2.96. The average Bonchev–Trinajstić information content (AvgIpc) is 2.73. The molecule has 5 heteroatoms. The van der Waals surface area contributed by atoms with Gasteiger partial charge in [-0.05, 0) is 52.9 Å². The van der Waals surface area contributed by atoms with Crippen LogP contribution in [0.2, 0.25) is 0 Å². The van der Waals surface area contributed by atoms with E-state index in [0.717, 1.165) is 37.9 Å². The van der Waals surface area contributed by atoms with Gasteiger partial charge in [0.1, 0.15) is 5.70 Å². The van der Waals surface area contributed by atoms with Crippen LogP contribution < -0.4 is 5.32 Å². The number of piperidine rings is 1. The highest BCUT2D eigenvalue weighted by Gasteiger charge is 2.25. The Morgan fingerprint density at radius 3 is 1.92 bits per heavy atom. The van der Waals surface area contributed by atoms with Gasteiger partial charge in [-0.1, -0.05) is 48.5 Å². The quantitative estimate of drug-likeness (QED) is 0.765. The Bertz CT molecular complexity index is 797. The molecule has 0 spiro atoms. The predicted octanol–water partition coefficient (Wildman–Crippen LogP) is 4.19. The van der Waals surface area contributed by atoms with Crippen LogP contribution >= 0.6 is 15.9 Å². The molecule has 0 aromatic heterocycles. The lowest BCUT2D eigenvalue weighted by Crippen LogP contribution is -2.41. The smallest absolute Gasteiger partial charge is 0.271 e. The number of carbonyl (C=O) groups is 2. The van der Waals surface area contributed by atoms with E-state index in [2.05, 4.69) is 21.2 Å². The molecule has 1 heterocycles. The SMILES string of the molecule is O=C(N/C(C(=O)N1CCCCC1)=C(/Br)c1ccccc1)c1ccccc1. The summed E-state index contributed by atoms with van der Waals surface area (Å²) >= 11 is 3.54. The van der Waals surface area contributed by atoms with Crippen molar-refractivity contribution < 1.29 is 9.59 Å². The molecule has 0 saturated carbocycles. The number of rotatable bonds is 4. The lowest BCUT2D eigenvalue weighted by molar-refractivity contribution is -0.128. The van der Waals surface area contributed by atoms with Gasteiger partial charge in [0.15, 0.2) is 0 Å². The van der Waals surface area contributed by atoms with Crippen LogP contribution in [0.25, 0.3) is 4.48 Å². The highest BCUT2D eigenvalue weighted by Crippen LogP contribution is 2.26. The summed E-state index contributed by atoms with van der Waals surface area (Å²) in [5.41, 5.74) is 1.65. The van der Waals surface area contributed by atoms with Crippen molar-refractivity contribution in [1.82, 2.24) is 10.2 Å². The second-order valence-electron chi connectivity index (χ2n) is 6.23. The van der Waals surface area contributed by atoms with Gasteiger partial charge < -0.3 is 10.2 Å².